The summed E-state index contributed by atoms with van der Waals surface area (Å²) in [5, 5.41) is 4.45. The number of aromatic nitrogens is 1. The van der Waals surface area contributed by atoms with Crippen LogP contribution in [0.25, 0.3) is 0 Å². The van der Waals surface area contributed by atoms with Gasteiger partial charge in [0.05, 0.1) is 10.7 Å². The quantitative estimate of drug-likeness (QED) is 0.845. The number of nitrogens with one attached hydrogen (secondary N) is 1. The van der Waals surface area contributed by atoms with E-state index in [-0.39, 0.29) is 30.7 Å². The Morgan fingerprint density at radius 1 is 1.19 bits per heavy atom. The average molecular weight is 352 g/mol. The number of hydrogen-bond acceptors (Lipinski definition) is 4. The average Bonchev–Trinajstić information content (AvgIpc) is 2.90. The fourth-order valence-electron chi connectivity index (χ4n) is 3.29. The molecule has 1 N–H and O–H groups in total. The third-order valence-corrected chi connectivity index (χ3v) is 5.47. The lowest BCUT2D eigenvalue weighted by atomic mass is 9.92. The Hall–Kier alpha value is -0.360. The molecule has 0 aliphatic carbocycles. The Balaban J connectivity index is 0.00000110. The molecule has 1 aromatic rings. The van der Waals surface area contributed by atoms with Crippen molar-refractivity contribution in [2.75, 3.05) is 26.2 Å². The van der Waals surface area contributed by atoms with Gasteiger partial charge in [-0.1, -0.05) is 0 Å². The van der Waals surface area contributed by atoms with Crippen molar-refractivity contribution in [1.82, 2.24) is 15.2 Å². The number of fused-ring (bicyclic) bond motifs is 1. The first kappa shape index (κ1) is 18.7. The highest BCUT2D eigenvalue weighted by atomic mass is 35.5. The highest BCUT2D eigenvalue weighted by molar-refractivity contribution is 7.13. The Bertz CT molecular complexity index is 481. The summed E-state index contributed by atoms with van der Waals surface area (Å²) in [5.41, 5.74) is 0.888. The number of hydrogen-bond donors (Lipinski definition) is 1. The van der Waals surface area contributed by atoms with Gasteiger partial charge in [-0.3, -0.25) is 4.79 Å². The van der Waals surface area contributed by atoms with Crippen molar-refractivity contribution in [3.8, 4) is 0 Å². The van der Waals surface area contributed by atoms with E-state index in [1.807, 2.05) is 18.7 Å². The molecule has 4 nitrogen and oxygen atoms in total. The number of nitrogens with zero attached hydrogens (tertiary/aromatic N) is 2. The Morgan fingerprint density at radius 3 is 2.24 bits per heavy atom. The van der Waals surface area contributed by atoms with Crippen molar-refractivity contribution in [2.24, 2.45) is 11.8 Å². The molecule has 2 aliphatic heterocycles. The van der Waals surface area contributed by atoms with E-state index < -0.39 is 0 Å². The fraction of sp³-hybridized carbons (Fsp3) is 0.714. The molecule has 21 heavy (non-hydrogen) atoms. The molecule has 7 heteroatoms. The molecule has 0 bridgehead atoms. The van der Waals surface area contributed by atoms with Gasteiger partial charge < -0.3 is 10.2 Å². The van der Waals surface area contributed by atoms with Crippen LogP contribution in [0.1, 0.15) is 33.2 Å². The van der Waals surface area contributed by atoms with Gasteiger partial charge in [-0.15, -0.1) is 36.2 Å². The summed E-state index contributed by atoms with van der Waals surface area (Å²) in [6.45, 7) is 7.97. The van der Waals surface area contributed by atoms with Crippen LogP contribution in [0.15, 0.2) is 0 Å². The first-order chi connectivity index (χ1) is 9.15. The van der Waals surface area contributed by atoms with Gasteiger partial charge in [-0.25, -0.2) is 4.98 Å². The van der Waals surface area contributed by atoms with Gasteiger partial charge in [0, 0.05) is 13.1 Å². The molecule has 3 heterocycles. The lowest BCUT2D eigenvalue weighted by molar-refractivity contribution is 0.0762. The first-order valence-electron chi connectivity index (χ1n) is 7.09. The molecular weight excluding hydrogens is 329 g/mol. The zero-order chi connectivity index (χ0) is 13.4. The molecule has 1 amide bonds. The summed E-state index contributed by atoms with van der Waals surface area (Å²) in [4.78, 5) is 19.8. The van der Waals surface area contributed by atoms with Crippen LogP contribution < -0.4 is 5.32 Å². The summed E-state index contributed by atoms with van der Waals surface area (Å²) in [6, 6.07) is 0. The normalized spacial score (nSPS) is 24.6. The van der Waals surface area contributed by atoms with Crippen molar-refractivity contribution >= 4 is 42.1 Å². The number of thiazole rings is 1. The standard InChI is InChI=1S/C14H21N3OS.2ClH/c1-9-13(19-10(2)16-9)14(18)17-5-3-11-7-15-8-12(11)4-6-17;;/h11-12,15H,3-8H2,1-2H3;2*1H/t11-,12+;;. The number of likely N-dealkylation sites (tertiary alicyclic amines) is 1. The minimum absolute atomic E-state index is 0. The van der Waals surface area contributed by atoms with Crippen LogP contribution in [0.2, 0.25) is 0 Å². The van der Waals surface area contributed by atoms with E-state index in [9.17, 15) is 4.79 Å². The van der Waals surface area contributed by atoms with Crippen molar-refractivity contribution in [1.29, 1.82) is 0 Å². The van der Waals surface area contributed by atoms with Gasteiger partial charge in [0.15, 0.2) is 0 Å². The van der Waals surface area contributed by atoms with Gasteiger partial charge in [-0.2, -0.15) is 0 Å². The molecule has 0 saturated carbocycles. The maximum absolute atomic E-state index is 12.6. The molecule has 2 saturated heterocycles. The van der Waals surface area contributed by atoms with Crippen LogP contribution in [0.4, 0.5) is 0 Å². The van der Waals surface area contributed by atoms with Crippen molar-refractivity contribution in [3.05, 3.63) is 15.6 Å². The number of amides is 1. The van der Waals surface area contributed by atoms with Crippen LogP contribution in [0.3, 0.4) is 0 Å². The van der Waals surface area contributed by atoms with E-state index >= 15 is 0 Å². The first-order valence-corrected chi connectivity index (χ1v) is 7.91. The zero-order valence-corrected chi connectivity index (χ0v) is 14.9. The van der Waals surface area contributed by atoms with E-state index in [1.54, 1.807) is 0 Å². The number of halogens is 2. The molecule has 2 aliphatic rings. The number of carbonyl (C=O) groups excluding carboxylic acids is 1. The number of carbonyl (C=O) groups is 1. The maximum Gasteiger partial charge on any atom is 0.265 e. The topological polar surface area (TPSA) is 45.2 Å². The van der Waals surface area contributed by atoms with E-state index in [0.29, 0.717) is 0 Å². The highest BCUT2D eigenvalue weighted by Crippen LogP contribution is 2.28. The fourth-order valence-corrected chi connectivity index (χ4v) is 4.18. The van der Waals surface area contributed by atoms with Gasteiger partial charge in [0.25, 0.3) is 5.91 Å². The van der Waals surface area contributed by atoms with E-state index in [1.165, 1.54) is 11.3 Å². The Labute approximate surface area is 142 Å². The van der Waals surface area contributed by atoms with E-state index in [2.05, 4.69) is 10.3 Å². The third kappa shape index (κ3) is 3.89. The maximum atomic E-state index is 12.6. The number of rotatable bonds is 1. The zero-order valence-electron chi connectivity index (χ0n) is 12.4. The highest BCUT2D eigenvalue weighted by Gasteiger charge is 2.32. The SMILES string of the molecule is Cc1nc(C)c(C(=O)N2CC[C@@H]3CNC[C@@H]3CC2)s1.Cl.Cl. The lowest BCUT2D eigenvalue weighted by Gasteiger charge is -2.20. The van der Waals surface area contributed by atoms with Gasteiger partial charge in [0.2, 0.25) is 0 Å². The molecule has 2 fully saturated rings. The monoisotopic (exact) mass is 351 g/mol. The Kier molecular flexibility index (Phi) is 6.91. The second-order valence-corrected chi connectivity index (χ2v) is 6.90. The second kappa shape index (κ2) is 7.77. The summed E-state index contributed by atoms with van der Waals surface area (Å²) >= 11 is 1.53. The summed E-state index contributed by atoms with van der Waals surface area (Å²) in [6.07, 6.45) is 2.28. The van der Waals surface area contributed by atoms with E-state index in [4.69, 9.17) is 0 Å². The second-order valence-electron chi connectivity index (χ2n) is 5.70. The van der Waals surface area contributed by atoms with Crippen molar-refractivity contribution < 1.29 is 4.79 Å². The molecule has 0 spiro atoms. The lowest BCUT2D eigenvalue weighted by Crippen LogP contribution is -2.32. The van der Waals surface area contributed by atoms with Gasteiger partial charge >= 0.3 is 0 Å². The molecule has 0 aromatic carbocycles. The molecular formula is C14H23Cl2N3OS. The van der Waals surface area contributed by atoms with Crippen LogP contribution in [0.5, 0.6) is 0 Å². The molecule has 3 rings (SSSR count). The Morgan fingerprint density at radius 2 is 1.76 bits per heavy atom. The smallest absolute Gasteiger partial charge is 0.265 e. The van der Waals surface area contributed by atoms with Crippen LogP contribution >= 0.6 is 36.2 Å². The summed E-state index contributed by atoms with van der Waals surface area (Å²) in [5.74, 6) is 1.72. The predicted octanol–water partition coefficient (Wildman–Crippen LogP) is 2.68. The van der Waals surface area contributed by atoms with E-state index in [0.717, 1.165) is 66.4 Å². The minimum atomic E-state index is 0. The van der Waals surface area contributed by atoms with Crippen LogP contribution in [0, 0.1) is 25.7 Å². The summed E-state index contributed by atoms with van der Waals surface area (Å²) in [7, 11) is 0. The molecule has 1 aromatic heterocycles. The molecule has 0 radical (unpaired) electrons. The third-order valence-electron chi connectivity index (χ3n) is 4.40. The molecule has 120 valence electrons. The molecule has 0 unspecified atom stereocenters. The van der Waals surface area contributed by atoms with Crippen LogP contribution in [-0.4, -0.2) is 42.0 Å². The van der Waals surface area contributed by atoms with Gasteiger partial charge in [-0.05, 0) is 51.6 Å². The molecule has 2 atom stereocenters. The van der Waals surface area contributed by atoms with Gasteiger partial charge in [0.1, 0.15) is 4.88 Å². The largest absolute Gasteiger partial charge is 0.338 e. The number of aryl methyl sites for hydroxylation is 2. The van der Waals surface area contributed by atoms with Crippen LogP contribution in [-0.2, 0) is 0 Å². The van der Waals surface area contributed by atoms with Crippen molar-refractivity contribution in [3.63, 3.8) is 0 Å². The van der Waals surface area contributed by atoms with Crippen molar-refractivity contribution in [2.45, 2.75) is 26.7 Å². The summed E-state index contributed by atoms with van der Waals surface area (Å²) < 4.78 is 0. The predicted molar refractivity (Wildman–Crippen MR) is 91.1 cm³/mol. The minimum Gasteiger partial charge on any atom is -0.338 e.